The van der Waals surface area contributed by atoms with Crippen LogP contribution in [0.1, 0.15) is 63.2 Å². The van der Waals surface area contributed by atoms with Gasteiger partial charge in [-0.25, -0.2) is 22.5 Å². The summed E-state index contributed by atoms with van der Waals surface area (Å²) in [6, 6.07) is 0.216. The van der Waals surface area contributed by atoms with Crippen LogP contribution in [0.25, 0.3) is 0 Å². The predicted octanol–water partition coefficient (Wildman–Crippen LogP) is 3.82. The van der Waals surface area contributed by atoms with Crippen LogP contribution in [-0.2, 0) is 10.0 Å². The van der Waals surface area contributed by atoms with Crippen molar-refractivity contribution in [2.45, 2.75) is 77.3 Å². The van der Waals surface area contributed by atoms with Crippen LogP contribution in [0.2, 0.25) is 0 Å². The van der Waals surface area contributed by atoms with E-state index in [9.17, 15) is 13.2 Å². The van der Waals surface area contributed by atoms with Crippen molar-refractivity contribution in [1.82, 2.24) is 14.2 Å². The summed E-state index contributed by atoms with van der Waals surface area (Å²) in [7, 11) is -3.16. The van der Waals surface area contributed by atoms with E-state index in [1.165, 1.54) is 24.2 Å². The largest absolute Gasteiger partial charge is 0.324 e. The van der Waals surface area contributed by atoms with E-state index in [4.69, 9.17) is 0 Å². The highest BCUT2D eigenvalue weighted by atomic mass is 32.2. The van der Waals surface area contributed by atoms with E-state index in [1.54, 1.807) is 17.4 Å². The minimum Gasteiger partial charge on any atom is -0.318 e. The van der Waals surface area contributed by atoms with Gasteiger partial charge in [0, 0.05) is 36.2 Å². The van der Waals surface area contributed by atoms with Crippen molar-refractivity contribution in [2.75, 3.05) is 24.2 Å². The van der Waals surface area contributed by atoms with Gasteiger partial charge in [0.2, 0.25) is 10.0 Å². The van der Waals surface area contributed by atoms with E-state index < -0.39 is 10.0 Å². The maximum absolute atomic E-state index is 13.2. The quantitative estimate of drug-likeness (QED) is 0.723. The number of sulfonamides is 1. The van der Waals surface area contributed by atoms with Crippen LogP contribution in [0.3, 0.4) is 0 Å². The van der Waals surface area contributed by atoms with Crippen LogP contribution in [-0.4, -0.2) is 59.6 Å². The fourth-order valence-electron chi connectivity index (χ4n) is 4.32. The van der Waals surface area contributed by atoms with Gasteiger partial charge in [0.25, 0.3) is 0 Å². The first-order chi connectivity index (χ1) is 13.4. The first kappa shape index (κ1) is 21.5. The van der Waals surface area contributed by atoms with Crippen LogP contribution >= 0.6 is 11.3 Å². The summed E-state index contributed by atoms with van der Waals surface area (Å²) in [5.74, 6) is 0.133. The normalized spacial score (nSPS) is 20.6. The minimum absolute atomic E-state index is 0.0764. The average molecular weight is 429 g/mol. The number of hydrogen-bond acceptors (Lipinski definition) is 5. The molecular weight excluding hydrogens is 396 g/mol. The van der Waals surface area contributed by atoms with Crippen molar-refractivity contribution in [1.29, 1.82) is 0 Å². The van der Waals surface area contributed by atoms with Crippen molar-refractivity contribution in [2.24, 2.45) is 0 Å². The number of anilines is 1. The summed E-state index contributed by atoms with van der Waals surface area (Å²) in [4.78, 5) is 20.6. The fourth-order valence-corrected chi connectivity index (χ4v) is 6.10. The molecule has 1 saturated heterocycles. The Balaban J connectivity index is 1.73. The topological polar surface area (TPSA) is 82.6 Å². The highest BCUT2D eigenvalue weighted by Gasteiger charge is 2.35. The second kappa shape index (κ2) is 9.54. The molecule has 0 unspecified atom stereocenters. The first-order valence-electron chi connectivity index (χ1n) is 10.4. The van der Waals surface area contributed by atoms with Gasteiger partial charge in [-0.15, -0.1) is 11.3 Å². The molecule has 7 nitrogen and oxygen atoms in total. The SMILES string of the molecule is CCS(=O)(=O)N1CCC(N(C(=O)Nc2ncc(C)s2)C2CCCCCC2)CC1. The van der Waals surface area contributed by atoms with E-state index in [0.29, 0.717) is 31.1 Å². The third-order valence-electron chi connectivity index (χ3n) is 5.86. The molecule has 1 aromatic rings. The number of aryl methyl sites for hydroxylation is 1. The highest BCUT2D eigenvalue weighted by Crippen LogP contribution is 2.29. The molecule has 1 aliphatic carbocycles. The molecule has 0 spiro atoms. The average Bonchev–Trinajstić information content (AvgIpc) is 2.92. The Morgan fingerprint density at radius 1 is 1.18 bits per heavy atom. The second-order valence-electron chi connectivity index (χ2n) is 7.79. The molecule has 9 heteroatoms. The van der Waals surface area contributed by atoms with E-state index in [-0.39, 0.29) is 23.9 Å². The first-order valence-corrected chi connectivity index (χ1v) is 12.8. The lowest BCUT2D eigenvalue weighted by molar-refractivity contribution is 0.116. The third-order valence-corrected chi connectivity index (χ3v) is 8.57. The van der Waals surface area contributed by atoms with E-state index in [1.807, 2.05) is 11.8 Å². The lowest BCUT2D eigenvalue weighted by Crippen LogP contribution is -2.53. The summed E-state index contributed by atoms with van der Waals surface area (Å²) in [6.07, 6.45) is 9.96. The lowest BCUT2D eigenvalue weighted by atomic mass is 9.99. The van der Waals surface area contributed by atoms with E-state index >= 15 is 0 Å². The van der Waals surface area contributed by atoms with Gasteiger partial charge in [-0.3, -0.25) is 5.32 Å². The van der Waals surface area contributed by atoms with Crippen molar-refractivity contribution in [3.05, 3.63) is 11.1 Å². The van der Waals surface area contributed by atoms with Crippen molar-refractivity contribution in [3.8, 4) is 0 Å². The maximum atomic E-state index is 13.2. The van der Waals surface area contributed by atoms with Gasteiger partial charge in [-0.1, -0.05) is 25.7 Å². The summed E-state index contributed by atoms with van der Waals surface area (Å²) >= 11 is 1.48. The van der Waals surface area contributed by atoms with Crippen molar-refractivity contribution < 1.29 is 13.2 Å². The smallest absolute Gasteiger partial charge is 0.318 e. The minimum atomic E-state index is -3.16. The van der Waals surface area contributed by atoms with Crippen LogP contribution < -0.4 is 5.32 Å². The zero-order chi connectivity index (χ0) is 20.1. The Bertz CT molecular complexity index is 749. The second-order valence-corrected chi connectivity index (χ2v) is 11.3. The number of amides is 2. The molecule has 0 radical (unpaired) electrons. The number of thiazole rings is 1. The van der Waals surface area contributed by atoms with Crippen LogP contribution in [0.15, 0.2) is 6.20 Å². The predicted molar refractivity (Wildman–Crippen MR) is 113 cm³/mol. The third kappa shape index (κ3) is 5.24. The van der Waals surface area contributed by atoms with Gasteiger partial charge in [-0.05, 0) is 39.5 Å². The molecule has 2 heterocycles. The molecule has 3 rings (SSSR count). The molecule has 1 N–H and O–H groups in total. The molecule has 2 amide bonds. The van der Waals surface area contributed by atoms with Gasteiger partial charge in [-0.2, -0.15) is 0 Å². The van der Waals surface area contributed by atoms with Crippen LogP contribution in [0.4, 0.5) is 9.93 Å². The van der Waals surface area contributed by atoms with Crippen molar-refractivity contribution >= 4 is 32.5 Å². The number of nitrogens with one attached hydrogen (secondary N) is 1. The molecule has 2 fully saturated rings. The summed E-state index contributed by atoms with van der Waals surface area (Å²) < 4.78 is 25.9. The van der Waals surface area contributed by atoms with E-state index in [0.717, 1.165) is 30.6 Å². The molecule has 0 atom stereocenters. The van der Waals surface area contributed by atoms with Gasteiger partial charge in [0.05, 0.1) is 5.75 Å². The Morgan fingerprint density at radius 2 is 1.79 bits per heavy atom. The summed E-state index contributed by atoms with van der Waals surface area (Å²) in [6.45, 7) is 4.64. The number of carbonyl (C=O) groups is 1. The molecule has 1 aliphatic heterocycles. The number of hydrogen-bond donors (Lipinski definition) is 1. The molecule has 1 saturated carbocycles. The maximum Gasteiger partial charge on any atom is 0.324 e. The molecular formula is C19H32N4O3S2. The standard InChI is InChI=1S/C19H32N4O3S2/c1-3-28(25,26)22-12-10-17(11-13-22)23(16-8-6-4-5-7-9-16)19(24)21-18-20-14-15(2)27-18/h14,16-17H,3-13H2,1-2H3,(H,20,21,24). The van der Waals surface area contributed by atoms with Gasteiger partial charge < -0.3 is 4.90 Å². The zero-order valence-electron chi connectivity index (χ0n) is 16.9. The fraction of sp³-hybridized carbons (Fsp3) is 0.789. The Kier molecular flexibility index (Phi) is 7.33. The summed E-state index contributed by atoms with van der Waals surface area (Å²) in [5, 5.41) is 3.62. The number of urea groups is 1. The van der Waals surface area contributed by atoms with Crippen LogP contribution in [0, 0.1) is 6.92 Å². The number of rotatable bonds is 5. The number of aromatic nitrogens is 1. The molecule has 1 aromatic heterocycles. The van der Waals surface area contributed by atoms with Crippen molar-refractivity contribution in [3.63, 3.8) is 0 Å². The Labute approximate surface area is 172 Å². The summed E-state index contributed by atoms with van der Waals surface area (Å²) in [5.41, 5.74) is 0. The lowest BCUT2D eigenvalue weighted by Gasteiger charge is -2.41. The monoisotopic (exact) mass is 428 g/mol. The molecule has 0 aromatic carbocycles. The van der Waals surface area contributed by atoms with Gasteiger partial charge >= 0.3 is 6.03 Å². The van der Waals surface area contributed by atoms with Gasteiger partial charge in [0.15, 0.2) is 5.13 Å². The molecule has 0 bridgehead atoms. The number of carbonyl (C=O) groups excluding carboxylic acids is 1. The van der Waals surface area contributed by atoms with Gasteiger partial charge in [0.1, 0.15) is 0 Å². The number of nitrogens with zero attached hydrogens (tertiary/aromatic N) is 3. The Hall–Kier alpha value is -1.19. The highest BCUT2D eigenvalue weighted by molar-refractivity contribution is 7.89. The molecule has 28 heavy (non-hydrogen) atoms. The van der Waals surface area contributed by atoms with E-state index in [2.05, 4.69) is 10.3 Å². The molecule has 158 valence electrons. The molecule has 2 aliphatic rings. The number of piperidine rings is 1. The zero-order valence-corrected chi connectivity index (χ0v) is 18.5. The Morgan fingerprint density at radius 3 is 2.32 bits per heavy atom. The van der Waals surface area contributed by atoms with Crippen LogP contribution in [0.5, 0.6) is 0 Å².